The number of benzene rings is 1. The van der Waals surface area contributed by atoms with Crippen molar-refractivity contribution in [1.29, 1.82) is 0 Å². The second-order valence-electron chi connectivity index (χ2n) is 5.30. The molecule has 2 nitrogen and oxygen atoms in total. The molecule has 0 spiro atoms. The zero-order chi connectivity index (χ0) is 12.0. The van der Waals surface area contributed by atoms with Gasteiger partial charge in [-0.15, -0.1) is 0 Å². The number of nitrogens with one attached hydrogen (secondary N) is 1. The lowest BCUT2D eigenvalue weighted by Gasteiger charge is -2.24. The first kappa shape index (κ1) is 13.2. The second-order valence-corrected chi connectivity index (χ2v) is 5.30. The normalized spacial score (nSPS) is 11.8. The molecule has 0 aromatic heterocycles. The molecule has 90 valence electrons. The number of rotatable bonds is 6. The van der Waals surface area contributed by atoms with Crippen LogP contribution in [-0.2, 0) is 6.54 Å². The van der Waals surface area contributed by atoms with Crippen LogP contribution in [0.15, 0.2) is 24.3 Å². The smallest absolute Gasteiger partial charge is 0.0205 e. The fraction of sp³-hybridized carbons (Fsp3) is 0.571. The highest BCUT2D eigenvalue weighted by molar-refractivity contribution is 5.21. The maximum Gasteiger partial charge on any atom is 0.0205 e. The Morgan fingerprint density at radius 2 is 2.06 bits per heavy atom. The van der Waals surface area contributed by atoms with Crippen molar-refractivity contribution in [2.75, 3.05) is 13.1 Å². The molecule has 0 aliphatic rings. The molecule has 2 heteroatoms. The summed E-state index contributed by atoms with van der Waals surface area (Å²) in [5.41, 5.74) is 8.55. The quantitative estimate of drug-likeness (QED) is 0.773. The van der Waals surface area contributed by atoms with E-state index in [0.717, 1.165) is 26.1 Å². The van der Waals surface area contributed by atoms with Crippen LogP contribution in [0.25, 0.3) is 0 Å². The van der Waals surface area contributed by atoms with Crippen LogP contribution in [0.5, 0.6) is 0 Å². The Labute approximate surface area is 99.2 Å². The van der Waals surface area contributed by atoms with E-state index in [4.69, 9.17) is 5.73 Å². The first-order valence-corrected chi connectivity index (χ1v) is 6.00. The molecule has 0 fully saturated rings. The standard InChI is InChI=1S/C14H24N2/c1-12-5-4-6-13(9-12)10-16-11-14(2,3)7-8-15/h4-6,9,16H,7-8,10-11,15H2,1-3H3. The molecule has 0 amide bonds. The van der Waals surface area contributed by atoms with Crippen LogP contribution in [-0.4, -0.2) is 13.1 Å². The first-order chi connectivity index (χ1) is 7.53. The summed E-state index contributed by atoms with van der Waals surface area (Å²) in [6.45, 7) is 9.35. The summed E-state index contributed by atoms with van der Waals surface area (Å²) in [6.07, 6.45) is 1.06. The van der Waals surface area contributed by atoms with Gasteiger partial charge in [-0.1, -0.05) is 43.7 Å². The van der Waals surface area contributed by atoms with E-state index in [1.54, 1.807) is 0 Å². The monoisotopic (exact) mass is 220 g/mol. The SMILES string of the molecule is Cc1cccc(CNCC(C)(C)CCN)c1. The Hall–Kier alpha value is -0.860. The van der Waals surface area contributed by atoms with E-state index in [2.05, 4.69) is 50.4 Å². The molecular formula is C14H24N2. The molecule has 0 unspecified atom stereocenters. The van der Waals surface area contributed by atoms with E-state index in [1.165, 1.54) is 11.1 Å². The summed E-state index contributed by atoms with van der Waals surface area (Å²) in [5.74, 6) is 0. The lowest BCUT2D eigenvalue weighted by molar-refractivity contribution is 0.319. The van der Waals surface area contributed by atoms with Crippen molar-refractivity contribution < 1.29 is 0 Å². The Morgan fingerprint density at radius 1 is 1.31 bits per heavy atom. The van der Waals surface area contributed by atoms with Crippen molar-refractivity contribution in [3.05, 3.63) is 35.4 Å². The fourth-order valence-electron chi connectivity index (χ4n) is 1.85. The Bertz CT molecular complexity index is 318. The largest absolute Gasteiger partial charge is 0.330 e. The Kier molecular flexibility index (Phi) is 4.97. The molecule has 3 N–H and O–H groups in total. The fourth-order valence-corrected chi connectivity index (χ4v) is 1.85. The molecule has 0 saturated carbocycles. The van der Waals surface area contributed by atoms with Gasteiger partial charge in [0.15, 0.2) is 0 Å². The van der Waals surface area contributed by atoms with Crippen molar-refractivity contribution in [2.45, 2.75) is 33.7 Å². The highest BCUT2D eigenvalue weighted by Gasteiger charge is 2.15. The summed E-state index contributed by atoms with van der Waals surface area (Å²) in [4.78, 5) is 0. The average molecular weight is 220 g/mol. The predicted octanol–water partition coefficient (Wildman–Crippen LogP) is 2.46. The lowest BCUT2D eigenvalue weighted by Crippen LogP contribution is -2.31. The molecule has 0 saturated heterocycles. The average Bonchev–Trinajstić information content (AvgIpc) is 2.17. The third-order valence-corrected chi connectivity index (χ3v) is 2.84. The van der Waals surface area contributed by atoms with E-state index in [1.807, 2.05) is 0 Å². The minimum absolute atomic E-state index is 0.290. The molecule has 0 aliphatic carbocycles. The van der Waals surface area contributed by atoms with Crippen LogP contribution in [0.2, 0.25) is 0 Å². The summed E-state index contributed by atoms with van der Waals surface area (Å²) < 4.78 is 0. The van der Waals surface area contributed by atoms with Crippen LogP contribution < -0.4 is 11.1 Å². The molecular weight excluding hydrogens is 196 g/mol. The zero-order valence-electron chi connectivity index (χ0n) is 10.7. The van der Waals surface area contributed by atoms with Crippen LogP contribution in [0.3, 0.4) is 0 Å². The van der Waals surface area contributed by atoms with Gasteiger partial charge in [0.1, 0.15) is 0 Å². The topological polar surface area (TPSA) is 38.0 Å². The van der Waals surface area contributed by atoms with Gasteiger partial charge in [-0.2, -0.15) is 0 Å². The van der Waals surface area contributed by atoms with E-state index in [0.29, 0.717) is 5.41 Å². The van der Waals surface area contributed by atoms with E-state index < -0.39 is 0 Å². The Balaban J connectivity index is 2.35. The van der Waals surface area contributed by atoms with E-state index in [9.17, 15) is 0 Å². The molecule has 0 bridgehead atoms. The third-order valence-electron chi connectivity index (χ3n) is 2.84. The van der Waals surface area contributed by atoms with Crippen molar-refractivity contribution in [2.24, 2.45) is 11.1 Å². The van der Waals surface area contributed by atoms with Gasteiger partial charge in [-0.3, -0.25) is 0 Å². The van der Waals surface area contributed by atoms with Gasteiger partial charge in [-0.05, 0) is 30.9 Å². The highest BCUT2D eigenvalue weighted by Crippen LogP contribution is 2.17. The minimum Gasteiger partial charge on any atom is -0.330 e. The van der Waals surface area contributed by atoms with Gasteiger partial charge in [0.25, 0.3) is 0 Å². The minimum atomic E-state index is 0.290. The van der Waals surface area contributed by atoms with Crippen molar-refractivity contribution >= 4 is 0 Å². The van der Waals surface area contributed by atoms with Gasteiger partial charge >= 0.3 is 0 Å². The van der Waals surface area contributed by atoms with Gasteiger partial charge in [0, 0.05) is 13.1 Å². The summed E-state index contributed by atoms with van der Waals surface area (Å²) in [7, 11) is 0. The van der Waals surface area contributed by atoms with Gasteiger partial charge < -0.3 is 11.1 Å². The Morgan fingerprint density at radius 3 is 2.69 bits per heavy atom. The van der Waals surface area contributed by atoms with Gasteiger partial charge in [0.05, 0.1) is 0 Å². The maximum atomic E-state index is 5.59. The predicted molar refractivity (Wildman–Crippen MR) is 70.3 cm³/mol. The molecule has 0 radical (unpaired) electrons. The molecule has 0 heterocycles. The lowest BCUT2D eigenvalue weighted by atomic mass is 9.89. The third kappa shape index (κ3) is 4.77. The summed E-state index contributed by atoms with van der Waals surface area (Å²) in [6, 6.07) is 8.62. The first-order valence-electron chi connectivity index (χ1n) is 6.00. The van der Waals surface area contributed by atoms with Crippen LogP contribution in [0.4, 0.5) is 0 Å². The van der Waals surface area contributed by atoms with E-state index in [-0.39, 0.29) is 0 Å². The molecule has 1 aromatic carbocycles. The summed E-state index contributed by atoms with van der Waals surface area (Å²) >= 11 is 0. The molecule has 1 aromatic rings. The van der Waals surface area contributed by atoms with Gasteiger partial charge in [-0.25, -0.2) is 0 Å². The van der Waals surface area contributed by atoms with Crippen LogP contribution >= 0.6 is 0 Å². The number of nitrogens with two attached hydrogens (primary N) is 1. The molecule has 1 rings (SSSR count). The molecule has 0 aliphatic heterocycles. The molecule has 16 heavy (non-hydrogen) atoms. The maximum absolute atomic E-state index is 5.59. The van der Waals surface area contributed by atoms with Crippen molar-refractivity contribution in [3.8, 4) is 0 Å². The number of hydrogen-bond donors (Lipinski definition) is 2. The van der Waals surface area contributed by atoms with Crippen molar-refractivity contribution in [1.82, 2.24) is 5.32 Å². The van der Waals surface area contributed by atoms with Crippen LogP contribution in [0, 0.1) is 12.3 Å². The summed E-state index contributed by atoms with van der Waals surface area (Å²) in [5, 5.41) is 3.50. The van der Waals surface area contributed by atoms with Crippen LogP contribution in [0.1, 0.15) is 31.4 Å². The second kappa shape index (κ2) is 6.02. The number of aryl methyl sites for hydroxylation is 1. The van der Waals surface area contributed by atoms with Crippen molar-refractivity contribution in [3.63, 3.8) is 0 Å². The van der Waals surface area contributed by atoms with E-state index >= 15 is 0 Å². The zero-order valence-corrected chi connectivity index (χ0v) is 10.7. The highest BCUT2D eigenvalue weighted by atomic mass is 14.9. The van der Waals surface area contributed by atoms with Gasteiger partial charge in [0.2, 0.25) is 0 Å². The molecule has 0 atom stereocenters. The number of hydrogen-bond acceptors (Lipinski definition) is 2.